The molecule has 0 aromatic heterocycles. The molecule has 2 aliphatic rings. The first-order chi connectivity index (χ1) is 9.45. The molecule has 2 rings (SSSR count). The number of carboxylic acids is 1. The van der Waals surface area contributed by atoms with Crippen LogP contribution >= 0.6 is 0 Å². The second-order valence-corrected chi connectivity index (χ2v) is 6.21. The maximum absolute atomic E-state index is 11.9. The second kappa shape index (κ2) is 6.43. The van der Waals surface area contributed by atoms with E-state index in [2.05, 4.69) is 29.5 Å². The van der Waals surface area contributed by atoms with E-state index >= 15 is 0 Å². The number of nitrogens with zero attached hydrogens (tertiary/aromatic N) is 1. The van der Waals surface area contributed by atoms with Crippen LogP contribution in [0.2, 0.25) is 0 Å². The molecule has 0 spiro atoms. The fourth-order valence-electron chi connectivity index (χ4n) is 3.17. The van der Waals surface area contributed by atoms with Gasteiger partial charge in [-0.05, 0) is 46.1 Å². The number of aliphatic carboxylic acids is 1. The summed E-state index contributed by atoms with van der Waals surface area (Å²) in [6.07, 6.45) is 3.90. The summed E-state index contributed by atoms with van der Waals surface area (Å²) in [6.45, 7) is 3.16. The van der Waals surface area contributed by atoms with Gasteiger partial charge in [0.1, 0.15) is 0 Å². The number of rotatable bonds is 3. The summed E-state index contributed by atoms with van der Waals surface area (Å²) in [5.41, 5.74) is 0. The van der Waals surface area contributed by atoms with Crippen molar-refractivity contribution in [1.29, 1.82) is 0 Å². The molecule has 4 unspecified atom stereocenters. The number of piperidine rings is 1. The van der Waals surface area contributed by atoms with Gasteiger partial charge in [-0.1, -0.05) is 0 Å². The second-order valence-electron chi connectivity index (χ2n) is 6.21. The Balaban J connectivity index is 1.72. The van der Waals surface area contributed by atoms with E-state index in [-0.39, 0.29) is 24.0 Å². The van der Waals surface area contributed by atoms with Crippen molar-refractivity contribution in [1.82, 2.24) is 15.5 Å². The molecule has 20 heavy (non-hydrogen) atoms. The smallest absolute Gasteiger partial charge is 0.315 e. The minimum Gasteiger partial charge on any atom is -0.481 e. The molecule has 3 N–H and O–H groups in total. The average molecular weight is 283 g/mol. The predicted molar refractivity (Wildman–Crippen MR) is 75.5 cm³/mol. The number of hydrogen-bond donors (Lipinski definition) is 3. The highest BCUT2D eigenvalue weighted by Gasteiger charge is 2.31. The summed E-state index contributed by atoms with van der Waals surface area (Å²) in [7, 11) is 2.10. The lowest BCUT2D eigenvalue weighted by molar-refractivity contribution is -0.141. The minimum atomic E-state index is -0.751. The molecule has 1 saturated carbocycles. The quantitative estimate of drug-likeness (QED) is 0.722. The van der Waals surface area contributed by atoms with Gasteiger partial charge in [-0.25, -0.2) is 4.79 Å². The Morgan fingerprint density at radius 2 is 1.75 bits per heavy atom. The molecule has 1 heterocycles. The minimum absolute atomic E-state index is 0.000197. The van der Waals surface area contributed by atoms with Crippen LogP contribution in [0, 0.1) is 5.92 Å². The first-order valence-corrected chi connectivity index (χ1v) is 7.45. The lowest BCUT2D eigenvalue weighted by Gasteiger charge is -2.35. The molecular weight excluding hydrogens is 258 g/mol. The normalized spacial score (nSPS) is 34.7. The van der Waals surface area contributed by atoms with Gasteiger partial charge >= 0.3 is 12.0 Å². The zero-order chi connectivity index (χ0) is 14.7. The molecule has 4 atom stereocenters. The van der Waals surface area contributed by atoms with Crippen molar-refractivity contribution < 1.29 is 14.7 Å². The molecule has 0 aromatic carbocycles. The highest BCUT2D eigenvalue weighted by molar-refractivity contribution is 5.75. The summed E-state index contributed by atoms with van der Waals surface area (Å²) < 4.78 is 0. The van der Waals surface area contributed by atoms with Crippen molar-refractivity contribution in [2.24, 2.45) is 5.92 Å². The molecule has 2 fully saturated rings. The highest BCUT2D eigenvalue weighted by atomic mass is 16.4. The summed E-state index contributed by atoms with van der Waals surface area (Å²) in [5.74, 6) is -1.05. The zero-order valence-electron chi connectivity index (χ0n) is 12.3. The van der Waals surface area contributed by atoms with Gasteiger partial charge < -0.3 is 20.6 Å². The number of carboxylic acid groups (broad SMARTS) is 1. The molecule has 1 aliphatic carbocycles. The summed E-state index contributed by atoms with van der Waals surface area (Å²) >= 11 is 0. The number of likely N-dealkylation sites (tertiary alicyclic amines) is 1. The third kappa shape index (κ3) is 3.85. The fraction of sp³-hybridized carbons (Fsp3) is 0.857. The van der Waals surface area contributed by atoms with E-state index in [0.29, 0.717) is 18.9 Å². The molecule has 1 aliphatic heterocycles. The average Bonchev–Trinajstić information content (AvgIpc) is 2.82. The number of nitrogens with one attached hydrogen (secondary N) is 2. The van der Waals surface area contributed by atoms with Crippen LogP contribution in [0.3, 0.4) is 0 Å². The Kier molecular flexibility index (Phi) is 4.86. The van der Waals surface area contributed by atoms with Crippen LogP contribution in [0.4, 0.5) is 4.79 Å². The van der Waals surface area contributed by atoms with Crippen LogP contribution in [-0.4, -0.2) is 53.7 Å². The molecule has 0 aromatic rings. The van der Waals surface area contributed by atoms with E-state index in [1.807, 2.05) is 0 Å². The van der Waals surface area contributed by atoms with E-state index in [1.165, 1.54) is 0 Å². The van der Waals surface area contributed by atoms with Crippen LogP contribution in [0.1, 0.15) is 39.0 Å². The Bertz CT molecular complexity index is 375. The number of amides is 2. The van der Waals surface area contributed by atoms with Gasteiger partial charge in [0.25, 0.3) is 0 Å². The van der Waals surface area contributed by atoms with Crippen LogP contribution < -0.4 is 10.6 Å². The fourth-order valence-corrected chi connectivity index (χ4v) is 3.17. The standard InChI is InChI=1S/C14H25N3O3/c1-9-7-12(5-6-17(9)2)16-14(20)15-11-4-3-10(8-11)13(18)19/h9-12H,3-8H2,1-2H3,(H,18,19)(H2,15,16,20). The van der Waals surface area contributed by atoms with E-state index in [9.17, 15) is 9.59 Å². The maximum Gasteiger partial charge on any atom is 0.315 e. The Morgan fingerprint density at radius 3 is 2.30 bits per heavy atom. The molecule has 114 valence electrons. The Hall–Kier alpha value is -1.30. The van der Waals surface area contributed by atoms with Crippen molar-refractivity contribution in [2.75, 3.05) is 13.6 Å². The molecule has 1 saturated heterocycles. The lowest BCUT2D eigenvalue weighted by atomic mass is 9.99. The van der Waals surface area contributed by atoms with Crippen LogP contribution in [0.5, 0.6) is 0 Å². The summed E-state index contributed by atoms with van der Waals surface area (Å²) in [6, 6.07) is 0.553. The van der Waals surface area contributed by atoms with Gasteiger partial charge in [0, 0.05) is 24.7 Å². The Labute approximate surface area is 119 Å². The summed E-state index contributed by atoms with van der Waals surface area (Å²) in [4.78, 5) is 25.1. The number of urea groups is 1. The molecule has 6 nitrogen and oxygen atoms in total. The zero-order valence-corrected chi connectivity index (χ0v) is 12.3. The van der Waals surface area contributed by atoms with Gasteiger partial charge in [-0.3, -0.25) is 4.79 Å². The molecule has 0 radical (unpaired) electrons. The monoisotopic (exact) mass is 283 g/mol. The van der Waals surface area contributed by atoms with Gasteiger partial charge in [-0.2, -0.15) is 0 Å². The third-order valence-corrected chi connectivity index (χ3v) is 4.66. The molecular formula is C14H25N3O3. The first-order valence-electron chi connectivity index (χ1n) is 7.45. The molecule has 6 heteroatoms. The highest BCUT2D eigenvalue weighted by Crippen LogP contribution is 2.25. The van der Waals surface area contributed by atoms with Gasteiger partial charge in [-0.15, -0.1) is 0 Å². The Morgan fingerprint density at radius 1 is 1.10 bits per heavy atom. The first kappa shape index (κ1) is 15.1. The molecule has 0 bridgehead atoms. The van der Waals surface area contributed by atoms with E-state index in [0.717, 1.165) is 25.8 Å². The maximum atomic E-state index is 11.9. The van der Waals surface area contributed by atoms with Gasteiger partial charge in [0.15, 0.2) is 0 Å². The van der Waals surface area contributed by atoms with E-state index in [4.69, 9.17) is 5.11 Å². The van der Waals surface area contributed by atoms with Crippen molar-refractivity contribution in [2.45, 2.75) is 57.2 Å². The van der Waals surface area contributed by atoms with Crippen molar-refractivity contribution in [3.63, 3.8) is 0 Å². The topological polar surface area (TPSA) is 81.7 Å². The van der Waals surface area contributed by atoms with Crippen LogP contribution in [-0.2, 0) is 4.79 Å². The van der Waals surface area contributed by atoms with Gasteiger partial charge in [0.05, 0.1) is 5.92 Å². The van der Waals surface area contributed by atoms with E-state index < -0.39 is 5.97 Å². The van der Waals surface area contributed by atoms with Crippen LogP contribution in [0.25, 0.3) is 0 Å². The lowest BCUT2D eigenvalue weighted by Crippen LogP contribution is -2.51. The van der Waals surface area contributed by atoms with Crippen LogP contribution in [0.15, 0.2) is 0 Å². The predicted octanol–water partition coefficient (Wildman–Crippen LogP) is 1.02. The largest absolute Gasteiger partial charge is 0.481 e. The van der Waals surface area contributed by atoms with Crippen molar-refractivity contribution in [3.05, 3.63) is 0 Å². The van der Waals surface area contributed by atoms with Crippen molar-refractivity contribution in [3.8, 4) is 0 Å². The SMILES string of the molecule is CC1CC(NC(=O)NC2CCC(C(=O)O)C2)CCN1C. The third-order valence-electron chi connectivity index (χ3n) is 4.66. The summed E-state index contributed by atoms with van der Waals surface area (Å²) in [5, 5.41) is 14.9. The number of carbonyl (C=O) groups excluding carboxylic acids is 1. The number of carbonyl (C=O) groups is 2. The van der Waals surface area contributed by atoms with Crippen molar-refractivity contribution >= 4 is 12.0 Å². The number of hydrogen-bond acceptors (Lipinski definition) is 3. The molecule has 2 amide bonds. The van der Waals surface area contributed by atoms with E-state index in [1.54, 1.807) is 0 Å². The van der Waals surface area contributed by atoms with Gasteiger partial charge in [0.2, 0.25) is 0 Å².